The number of carbonyl (C=O) groups excluding carboxylic acids is 1. The summed E-state index contributed by atoms with van der Waals surface area (Å²) in [7, 11) is 0. The number of halogens is 1. The molecule has 4 heteroatoms. The number of phenolic OH excluding ortho intramolecular Hbond substituents is 1. The van der Waals surface area contributed by atoms with E-state index in [0.29, 0.717) is 5.56 Å². The molecule has 0 heterocycles. The number of rotatable bonds is 6. The van der Waals surface area contributed by atoms with E-state index in [-0.39, 0.29) is 18.1 Å². The number of unbranched alkanes of at least 4 members (excludes halogenated alkanes) is 1. The molecule has 0 saturated heterocycles. The summed E-state index contributed by atoms with van der Waals surface area (Å²) in [5.41, 5.74) is 0.675. The third kappa shape index (κ3) is 4.83. The van der Waals surface area contributed by atoms with E-state index in [1.165, 1.54) is 0 Å². The van der Waals surface area contributed by atoms with Crippen LogP contribution in [0.3, 0.4) is 0 Å². The van der Waals surface area contributed by atoms with Crippen molar-refractivity contribution in [1.82, 2.24) is 5.32 Å². The van der Waals surface area contributed by atoms with Crippen LogP contribution in [0.25, 0.3) is 0 Å². The fraction of sp³-hybridized carbons (Fsp3) is 0.417. The number of para-hydroxylation sites is 1. The van der Waals surface area contributed by atoms with Crippen LogP contribution in [0.5, 0.6) is 5.75 Å². The van der Waals surface area contributed by atoms with Gasteiger partial charge in [-0.25, -0.2) is 0 Å². The van der Waals surface area contributed by atoms with E-state index in [4.69, 9.17) is 0 Å². The Morgan fingerprint density at radius 1 is 1.31 bits per heavy atom. The number of aromatic hydroxyl groups is 1. The first-order valence-electron chi connectivity index (χ1n) is 5.33. The van der Waals surface area contributed by atoms with Gasteiger partial charge >= 0.3 is 0 Å². The smallest absolute Gasteiger partial charge is 0.224 e. The fourth-order valence-electron chi connectivity index (χ4n) is 1.34. The van der Waals surface area contributed by atoms with Crippen molar-refractivity contribution in [2.45, 2.75) is 19.3 Å². The van der Waals surface area contributed by atoms with Crippen LogP contribution in [-0.2, 0) is 11.2 Å². The molecule has 0 unspecified atom stereocenters. The van der Waals surface area contributed by atoms with Crippen molar-refractivity contribution in [3.63, 3.8) is 0 Å². The molecule has 0 bridgehead atoms. The summed E-state index contributed by atoms with van der Waals surface area (Å²) in [5, 5.41) is 12.3. The molecule has 0 saturated carbocycles. The molecule has 1 aromatic rings. The number of hydrogen-bond donors (Lipinski definition) is 2. The summed E-state index contributed by atoms with van der Waals surface area (Å²) in [6.07, 6.45) is 2.38. The lowest BCUT2D eigenvalue weighted by Crippen LogP contribution is -2.26. The lowest BCUT2D eigenvalue weighted by Gasteiger charge is -2.05. The lowest BCUT2D eigenvalue weighted by molar-refractivity contribution is -0.120. The molecule has 0 spiro atoms. The predicted molar refractivity (Wildman–Crippen MR) is 72.9 cm³/mol. The van der Waals surface area contributed by atoms with Gasteiger partial charge in [0.15, 0.2) is 0 Å². The highest BCUT2D eigenvalue weighted by molar-refractivity contribution is 14.1. The van der Waals surface area contributed by atoms with Crippen molar-refractivity contribution in [3.05, 3.63) is 29.8 Å². The van der Waals surface area contributed by atoms with Gasteiger partial charge in [0.05, 0.1) is 6.42 Å². The number of hydrogen-bond acceptors (Lipinski definition) is 2. The number of nitrogens with one attached hydrogen (secondary N) is 1. The average molecular weight is 333 g/mol. The molecule has 16 heavy (non-hydrogen) atoms. The SMILES string of the molecule is O=C(Cc1ccccc1O)NCCCCI. The van der Waals surface area contributed by atoms with Crippen LogP contribution in [0.1, 0.15) is 18.4 Å². The van der Waals surface area contributed by atoms with Gasteiger partial charge in [-0.15, -0.1) is 0 Å². The van der Waals surface area contributed by atoms with Crippen molar-refractivity contribution in [1.29, 1.82) is 0 Å². The summed E-state index contributed by atoms with van der Waals surface area (Å²) in [6.45, 7) is 0.718. The molecular weight excluding hydrogens is 317 g/mol. The Hall–Kier alpha value is -0.780. The molecule has 1 rings (SSSR count). The molecule has 0 fully saturated rings. The zero-order valence-electron chi connectivity index (χ0n) is 9.08. The van der Waals surface area contributed by atoms with Crippen molar-refractivity contribution in [2.75, 3.05) is 11.0 Å². The van der Waals surface area contributed by atoms with Gasteiger partial charge in [-0.1, -0.05) is 40.8 Å². The third-order valence-electron chi connectivity index (χ3n) is 2.23. The number of phenols is 1. The van der Waals surface area contributed by atoms with E-state index in [1.807, 2.05) is 6.07 Å². The number of amides is 1. The first-order chi connectivity index (χ1) is 7.74. The minimum atomic E-state index is -0.0324. The fourth-order valence-corrected chi connectivity index (χ4v) is 1.88. The highest BCUT2D eigenvalue weighted by Crippen LogP contribution is 2.15. The van der Waals surface area contributed by atoms with Gasteiger partial charge in [0.1, 0.15) is 5.75 Å². The summed E-state index contributed by atoms with van der Waals surface area (Å²) >= 11 is 2.32. The highest BCUT2D eigenvalue weighted by atomic mass is 127. The van der Waals surface area contributed by atoms with E-state index in [1.54, 1.807) is 18.2 Å². The van der Waals surface area contributed by atoms with Gasteiger partial charge in [0.2, 0.25) is 5.91 Å². The molecule has 0 aliphatic carbocycles. The van der Waals surface area contributed by atoms with Gasteiger partial charge in [-0.05, 0) is 23.3 Å². The van der Waals surface area contributed by atoms with Gasteiger partial charge in [0.25, 0.3) is 0 Å². The van der Waals surface area contributed by atoms with Crippen LogP contribution in [0, 0.1) is 0 Å². The van der Waals surface area contributed by atoms with E-state index in [0.717, 1.165) is 23.8 Å². The zero-order valence-corrected chi connectivity index (χ0v) is 11.2. The Kier molecular flexibility index (Phi) is 6.22. The zero-order chi connectivity index (χ0) is 11.8. The Morgan fingerprint density at radius 2 is 2.06 bits per heavy atom. The molecule has 0 aliphatic heterocycles. The Bertz CT molecular complexity index is 342. The topological polar surface area (TPSA) is 49.3 Å². The van der Waals surface area contributed by atoms with E-state index < -0.39 is 0 Å². The molecule has 0 aliphatic rings. The average Bonchev–Trinajstić information content (AvgIpc) is 2.28. The maximum atomic E-state index is 11.5. The van der Waals surface area contributed by atoms with E-state index in [9.17, 15) is 9.90 Å². The van der Waals surface area contributed by atoms with E-state index in [2.05, 4.69) is 27.9 Å². The van der Waals surface area contributed by atoms with Crippen LogP contribution in [-0.4, -0.2) is 22.0 Å². The number of benzene rings is 1. The molecular formula is C12H16INO2. The van der Waals surface area contributed by atoms with Gasteiger partial charge in [-0.3, -0.25) is 4.79 Å². The summed E-state index contributed by atoms with van der Waals surface area (Å²) in [4.78, 5) is 11.5. The summed E-state index contributed by atoms with van der Waals surface area (Å²) in [6, 6.07) is 6.92. The van der Waals surface area contributed by atoms with Crippen molar-refractivity contribution in [2.24, 2.45) is 0 Å². The molecule has 3 nitrogen and oxygen atoms in total. The second-order valence-corrected chi connectivity index (χ2v) is 4.63. The normalized spacial score (nSPS) is 10.1. The maximum absolute atomic E-state index is 11.5. The largest absolute Gasteiger partial charge is 0.508 e. The molecule has 0 radical (unpaired) electrons. The molecule has 0 aromatic heterocycles. The minimum Gasteiger partial charge on any atom is -0.508 e. The quantitative estimate of drug-likeness (QED) is 0.477. The Labute approximate surface area is 109 Å². The van der Waals surface area contributed by atoms with Gasteiger partial charge in [0, 0.05) is 12.1 Å². The highest BCUT2D eigenvalue weighted by Gasteiger charge is 2.05. The van der Waals surface area contributed by atoms with Crippen LogP contribution in [0.15, 0.2) is 24.3 Å². The maximum Gasteiger partial charge on any atom is 0.224 e. The molecule has 88 valence electrons. The summed E-state index contributed by atoms with van der Waals surface area (Å²) < 4.78 is 1.12. The van der Waals surface area contributed by atoms with Gasteiger partial charge < -0.3 is 10.4 Å². The first-order valence-corrected chi connectivity index (χ1v) is 6.86. The van der Waals surface area contributed by atoms with Crippen LogP contribution < -0.4 is 5.32 Å². The number of carbonyl (C=O) groups is 1. The van der Waals surface area contributed by atoms with Crippen LogP contribution in [0.4, 0.5) is 0 Å². The Balaban J connectivity index is 2.32. The van der Waals surface area contributed by atoms with E-state index >= 15 is 0 Å². The number of alkyl halides is 1. The van der Waals surface area contributed by atoms with Crippen LogP contribution >= 0.6 is 22.6 Å². The van der Waals surface area contributed by atoms with Crippen LogP contribution in [0.2, 0.25) is 0 Å². The second-order valence-electron chi connectivity index (χ2n) is 3.55. The molecule has 0 atom stereocenters. The first kappa shape index (κ1) is 13.3. The molecule has 2 N–H and O–H groups in total. The lowest BCUT2D eigenvalue weighted by atomic mass is 10.1. The predicted octanol–water partition coefficient (Wildman–Crippen LogP) is 2.27. The van der Waals surface area contributed by atoms with Crippen molar-refractivity contribution in [3.8, 4) is 5.75 Å². The monoisotopic (exact) mass is 333 g/mol. The second kappa shape index (κ2) is 7.49. The van der Waals surface area contributed by atoms with Crippen molar-refractivity contribution >= 4 is 28.5 Å². The standard InChI is InChI=1S/C12H16INO2/c13-7-3-4-8-14-12(16)9-10-5-1-2-6-11(10)15/h1-2,5-6,15H,3-4,7-9H2,(H,14,16). The third-order valence-corrected chi connectivity index (χ3v) is 2.99. The summed E-state index contributed by atoms with van der Waals surface area (Å²) in [5.74, 6) is 0.153. The minimum absolute atomic E-state index is 0.0324. The Morgan fingerprint density at radius 3 is 2.75 bits per heavy atom. The van der Waals surface area contributed by atoms with Crippen molar-refractivity contribution < 1.29 is 9.90 Å². The molecule has 1 amide bonds. The van der Waals surface area contributed by atoms with Gasteiger partial charge in [-0.2, -0.15) is 0 Å². The molecule has 1 aromatic carbocycles.